The zero-order valence-corrected chi connectivity index (χ0v) is 12.8. The van der Waals surface area contributed by atoms with Gasteiger partial charge < -0.3 is 14.6 Å². The van der Waals surface area contributed by atoms with Crippen LogP contribution in [0, 0.1) is 13.8 Å². The summed E-state index contributed by atoms with van der Waals surface area (Å²) >= 11 is 0. The van der Waals surface area contributed by atoms with Gasteiger partial charge in [0, 0.05) is 23.7 Å². The first-order valence-corrected chi connectivity index (χ1v) is 6.89. The van der Waals surface area contributed by atoms with Gasteiger partial charge in [0.15, 0.2) is 5.78 Å². The number of carbonyl (C=O) groups excluding carboxylic acids is 1. The van der Waals surface area contributed by atoms with Crippen LogP contribution in [0.1, 0.15) is 28.5 Å². The summed E-state index contributed by atoms with van der Waals surface area (Å²) in [5, 5.41) is 4.11. The Bertz CT molecular complexity index is 656. The zero-order valence-electron chi connectivity index (χ0n) is 12.8. The monoisotopic (exact) mass is 274 g/mol. The largest absolute Gasteiger partial charge is 0.495 e. The fourth-order valence-corrected chi connectivity index (χ4v) is 2.67. The molecule has 2 rings (SSSR count). The highest BCUT2D eigenvalue weighted by Gasteiger charge is 2.21. The first kappa shape index (κ1) is 14.6. The Morgan fingerprint density at radius 3 is 2.65 bits per heavy atom. The molecule has 2 aromatic rings. The number of ether oxygens (including phenoxy) is 1. The molecular formula is C16H22N2O2. The van der Waals surface area contributed by atoms with Gasteiger partial charge in [-0.2, -0.15) is 0 Å². The standard InChI is InChI=1S/C16H22N2O2/c1-6-17-9-12(19)15-11(3)18(4)16-13(20-5)8-7-10(2)14(15)16/h7-8,17H,6,9H2,1-5H3. The van der Waals surface area contributed by atoms with Gasteiger partial charge in [0.25, 0.3) is 0 Å². The number of nitrogens with zero attached hydrogens (tertiary/aromatic N) is 1. The molecular weight excluding hydrogens is 252 g/mol. The second-order valence-electron chi connectivity index (χ2n) is 5.03. The van der Waals surface area contributed by atoms with Crippen LogP contribution in [0.3, 0.4) is 0 Å². The predicted molar refractivity (Wildman–Crippen MR) is 81.8 cm³/mol. The van der Waals surface area contributed by atoms with Crippen LogP contribution in [-0.4, -0.2) is 30.5 Å². The molecule has 0 saturated carbocycles. The Morgan fingerprint density at radius 2 is 2.05 bits per heavy atom. The first-order chi connectivity index (χ1) is 9.52. The molecule has 0 aliphatic rings. The molecule has 0 saturated heterocycles. The summed E-state index contributed by atoms with van der Waals surface area (Å²) in [5.74, 6) is 0.935. The second kappa shape index (κ2) is 5.67. The summed E-state index contributed by atoms with van der Waals surface area (Å²) in [7, 11) is 3.64. The summed E-state index contributed by atoms with van der Waals surface area (Å²) in [6.07, 6.45) is 0. The van der Waals surface area contributed by atoms with Gasteiger partial charge in [0.1, 0.15) is 5.75 Å². The third kappa shape index (κ3) is 2.20. The van der Waals surface area contributed by atoms with Gasteiger partial charge in [-0.1, -0.05) is 13.0 Å². The van der Waals surface area contributed by atoms with Crippen LogP contribution < -0.4 is 10.1 Å². The molecule has 1 aromatic heterocycles. The summed E-state index contributed by atoms with van der Waals surface area (Å²) in [6, 6.07) is 3.96. The van der Waals surface area contributed by atoms with Gasteiger partial charge >= 0.3 is 0 Å². The topological polar surface area (TPSA) is 43.3 Å². The van der Waals surface area contributed by atoms with Crippen LogP contribution in [0.4, 0.5) is 0 Å². The number of carbonyl (C=O) groups is 1. The van der Waals surface area contributed by atoms with Crippen LogP contribution >= 0.6 is 0 Å². The fourth-order valence-electron chi connectivity index (χ4n) is 2.67. The number of benzene rings is 1. The lowest BCUT2D eigenvalue weighted by Crippen LogP contribution is -2.23. The van der Waals surface area contributed by atoms with E-state index in [4.69, 9.17) is 4.74 Å². The van der Waals surface area contributed by atoms with E-state index in [0.29, 0.717) is 6.54 Å². The molecule has 1 aromatic carbocycles. The number of ketones is 1. The predicted octanol–water partition coefficient (Wildman–Crippen LogP) is 2.60. The highest BCUT2D eigenvalue weighted by atomic mass is 16.5. The summed E-state index contributed by atoms with van der Waals surface area (Å²) < 4.78 is 7.49. The molecule has 20 heavy (non-hydrogen) atoms. The minimum atomic E-state index is 0.131. The molecule has 4 heteroatoms. The molecule has 0 bridgehead atoms. The average molecular weight is 274 g/mol. The summed E-state index contributed by atoms with van der Waals surface area (Å²) in [4.78, 5) is 12.5. The van der Waals surface area contributed by atoms with E-state index in [-0.39, 0.29) is 5.78 Å². The molecule has 0 unspecified atom stereocenters. The number of rotatable bonds is 5. The summed E-state index contributed by atoms with van der Waals surface area (Å²) in [6.45, 7) is 7.17. The van der Waals surface area contributed by atoms with E-state index in [9.17, 15) is 4.79 Å². The van der Waals surface area contributed by atoms with Crippen molar-refractivity contribution in [2.75, 3.05) is 20.2 Å². The minimum Gasteiger partial charge on any atom is -0.495 e. The average Bonchev–Trinajstić information content (AvgIpc) is 2.71. The number of hydrogen-bond acceptors (Lipinski definition) is 3. The number of hydrogen-bond donors (Lipinski definition) is 1. The zero-order chi connectivity index (χ0) is 14.9. The number of Topliss-reactive ketones (excluding diaryl/α,β-unsaturated/α-hetero) is 1. The third-order valence-electron chi connectivity index (χ3n) is 3.83. The van der Waals surface area contributed by atoms with Crippen molar-refractivity contribution < 1.29 is 9.53 Å². The van der Waals surface area contributed by atoms with Crippen molar-refractivity contribution in [3.63, 3.8) is 0 Å². The number of likely N-dealkylation sites (N-methyl/N-ethyl adjacent to an activating group) is 1. The SMILES string of the molecule is CCNCC(=O)c1c(C)n(C)c2c(OC)ccc(C)c12. The molecule has 0 aliphatic carbocycles. The van der Waals surface area contributed by atoms with E-state index in [2.05, 4.69) is 5.32 Å². The fraction of sp³-hybridized carbons (Fsp3) is 0.438. The lowest BCUT2D eigenvalue weighted by molar-refractivity contribution is 0.0992. The smallest absolute Gasteiger partial charge is 0.179 e. The molecule has 108 valence electrons. The minimum absolute atomic E-state index is 0.131. The quantitative estimate of drug-likeness (QED) is 0.852. The molecule has 0 fully saturated rings. The summed E-state index contributed by atoms with van der Waals surface area (Å²) in [5.41, 5.74) is 3.88. The second-order valence-corrected chi connectivity index (χ2v) is 5.03. The van der Waals surface area contributed by atoms with Crippen molar-refractivity contribution in [2.45, 2.75) is 20.8 Å². The van der Waals surface area contributed by atoms with Crippen molar-refractivity contribution in [1.82, 2.24) is 9.88 Å². The van der Waals surface area contributed by atoms with Crippen molar-refractivity contribution in [2.24, 2.45) is 7.05 Å². The molecule has 0 radical (unpaired) electrons. The van der Waals surface area contributed by atoms with Crippen LogP contribution in [0.5, 0.6) is 5.75 Å². The number of nitrogens with one attached hydrogen (secondary N) is 1. The van der Waals surface area contributed by atoms with E-state index in [1.807, 2.05) is 44.5 Å². The third-order valence-corrected chi connectivity index (χ3v) is 3.83. The van der Waals surface area contributed by atoms with Crippen LogP contribution in [-0.2, 0) is 7.05 Å². The van der Waals surface area contributed by atoms with E-state index in [1.54, 1.807) is 7.11 Å². The van der Waals surface area contributed by atoms with Gasteiger partial charge in [0.05, 0.1) is 19.2 Å². The van der Waals surface area contributed by atoms with E-state index < -0.39 is 0 Å². The molecule has 0 aliphatic heterocycles. The van der Waals surface area contributed by atoms with Crippen molar-refractivity contribution >= 4 is 16.7 Å². The Balaban J connectivity index is 2.72. The van der Waals surface area contributed by atoms with Gasteiger partial charge in [-0.25, -0.2) is 0 Å². The molecule has 0 spiro atoms. The first-order valence-electron chi connectivity index (χ1n) is 6.89. The Morgan fingerprint density at radius 1 is 1.35 bits per heavy atom. The van der Waals surface area contributed by atoms with Gasteiger partial charge in [-0.05, 0) is 32.0 Å². The Hall–Kier alpha value is -1.81. The lowest BCUT2D eigenvalue weighted by Gasteiger charge is -2.07. The maximum Gasteiger partial charge on any atom is 0.179 e. The van der Waals surface area contributed by atoms with Crippen molar-refractivity contribution in [1.29, 1.82) is 0 Å². The normalized spacial score (nSPS) is 11.1. The van der Waals surface area contributed by atoms with Gasteiger partial charge in [-0.15, -0.1) is 0 Å². The van der Waals surface area contributed by atoms with Crippen LogP contribution in [0.25, 0.3) is 10.9 Å². The lowest BCUT2D eigenvalue weighted by atomic mass is 10.0. The molecule has 0 amide bonds. The molecule has 1 heterocycles. The number of aromatic nitrogens is 1. The number of methoxy groups -OCH3 is 1. The molecule has 1 N–H and O–H groups in total. The number of fused-ring (bicyclic) bond motifs is 1. The van der Waals surface area contributed by atoms with Gasteiger partial charge in [0.2, 0.25) is 0 Å². The van der Waals surface area contributed by atoms with Crippen LogP contribution in [0.2, 0.25) is 0 Å². The highest BCUT2D eigenvalue weighted by molar-refractivity contribution is 6.12. The molecule has 4 nitrogen and oxygen atoms in total. The van der Waals surface area contributed by atoms with Crippen LogP contribution in [0.15, 0.2) is 12.1 Å². The van der Waals surface area contributed by atoms with E-state index in [1.165, 1.54) is 0 Å². The van der Waals surface area contributed by atoms with E-state index >= 15 is 0 Å². The maximum absolute atomic E-state index is 12.5. The molecule has 0 atom stereocenters. The van der Waals surface area contributed by atoms with Crippen molar-refractivity contribution in [3.8, 4) is 5.75 Å². The van der Waals surface area contributed by atoms with Gasteiger partial charge in [-0.3, -0.25) is 4.79 Å². The Kier molecular flexibility index (Phi) is 4.14. The Labute approximate surface area is 119 Å². The maximum atomic E-state index is 12.5. The van der Waals surface area contributed by atoms with Crippen molar-refractivity contribution in [3.05, 3.63) is 29.0 Å². The highest BCUT2D eigenvalue weighted by Crippen LogP contribution is 2.34. The number of aryl methyl sites for hydroxylation is 2. The van der Waals surface area contributed by atoms with E-state index in [0.717, 1.165) is 40.0 Å².